The average molecular weight is 413 g/mol. The monoisotopic (exact) mass is 412 g/mol. The zero-order valence-electron chi connectivity index (χ0n) is 17.7. The molecule has 0 fully saturated rings. The minimum Gasteiger partial charge on any atom is -0.383 e. The number of fused-ring (bicyclic) bond motifs is 1. The van der Waals surface area contributed by atoms with Crippen LogP contribution in [0.5, 0.6) is 0 Å². The van der Waals surface area contributed by atoms with Crippen LogP contribution in [-0.4, -0.2) is 29.2 Å². The van der Waals surface area contributed by atoms with Crippen molar-refractivity contribution in [3.8, 4) is 6.07 Å². The van der Waals surface area contributed by atoms with E-state index in [1.54, 1.807) is 13.2 Å². The molecule has 2 aromatic rings. The van der Waals surface area contributed by atoms with Crippen LogP contribution in [0.25, 0.3) is 6.08 Å². The number of rotatable bonds is 6. The molecular weight excluding hydrogens is 384 g/mol. The van der Waals surface area contributed by atoms with E-state index in [1.165, 1.54) is 16.2 Å². The first-order valence-corrected chi connectivity index (χ1v) is 10.7. The molecule has 0 saturated heterocycles. The number of thiazole rings is 1. The van der Waals surface area contributed by atoms with Gasteiger partial charge in [0.2, 0.25) is 0 Å². The van der Waals surface area contributed by atoms with Gasteiger partial charge in [-0.3, -0.25) is 10.1 Å². The minimum absolute atomic E-state index is 0.0752. The number of aryl methyl sites for hydroxylation is 2. The lowest BCUT2D eigenvalue weighted by atomic mass is 9.93. The molecule has 0 aromatic carbocycles. The summed E-state index contributed by atoms with van der Waals surface area (Å²) in [6, 6.07) is 4.21. The van der Waals surface area contributed by atoms with Crippen molar-refractivity contribution in [1.82, 2.24) is 9.55 Å². The maximum absolute atomic E-state index is 12.7. The molecule has 1 N–H and O–H groups in total. The van der Waals surface area contributed by atoms with E-state index in [1.807, 2.05) is 26.0 Å². The smallest absolute Gasteiger partial charge is 0.268 e. The number of carbonyl (C=O) groups is 1. The normalized spacial score (nSPS) is 17.5. The van der Waals surface area contributed by atoms with Gasteiger partial charge in [0.1, 0.15) is 11.6 Å². The van der Waals surface area contributed by atoms with Gasteiger partial charge in [-0.15, -0.1) is 11.3 Å². The molecule has 2 aromatic heterocycles. The van der Waals surface area contributed by atoms with Crippen LogP contribution in [-0.2, 0) is 22.4 Å². The number of nitrogens with zero attached hydrogens (tertiary/aromatic N) is 3. The Morgan fingerprint density at radius 3 is 3.00 bits per heavy atom. The predicted molar refractivity (Wildman–Crippen MR) is 116 cm³/mol. The van der Waals surface area contributed by atoms with Gasteiger partial charge in [-0.05, 0) is 63.7 Å². The van der Waals surface area contributed by atoms with Crippen molar-refractivity contribution in [1.29, 1.82) is 5.26 Å². The SMILES string of the molecule is COCC(C)n1c(C)cc(/C=C(/C#N)C(=O)Nc2nc3c(s2)CC(C)CC3)c1C. The average Bonchev–Trinajstić information content (AvgIpc) is 3.18. The quantitative estimate of drug-likeness (QED) is 0.562. The van der Waals surface area contributed by atoms with Gasteiger partial charge in [0, 0.05) is 23.4 Å². The van der Waals surface area contributed by atoms with E-state index >= 15 is 0 Å². The summed E-state index contributed by atoms with van der Waals surface area (Å²) >= 11 is 1.52. The largest absolute Gasteiger partial charge is 0.383 e. The molecule has 1 amide bonds. The van der Waals surface area contributed by atoms with E-state index in [0.717, 1.165) is 41.9 Å². The summed E-state index contributed by atoms with van der Waals surface area (Å²) in [5, 5.41) is 13.0. The Kier molecular flexibility index (Phi) is 6.56. The molecule has 1 aliphatic carbocycles. The van der Waals surface area contributed by atoms with Crippen molar-refractivity contribution >= 4 is 28.5 Å². The second kappa shape index (κ2) is 8.93. The third-order valence-corrected chi connectivity index (χ3v) is 6.48. The Bertz CT molecular complexity index is 980. The van der Waals surface area contributed by atoms with Gasteiger partial charge in [0.15, 0.2) is 5.13 Å². The molecule has 2 atom stereocenters. The predicted octanol–water partition coefficient (Wildman–Crippen LogP) is 4.44. The highest BCUT2D eigenvalue weighted by atomic mass is 32.1. The number of amides is 1. The van der Waals surface area contributed by atoms with Crippen molar-refractivity contribution in [2.75, 3.05) is 19.0 Å². The van der Waals surface area contributed by atoms with Crippen LogP contribution in [0.1, 0.15) is 53.8 Å². The highest BCUT2D eigenvalue weighted by molar-refractivity contribution is 7.15. The maximum atomic E-state index is 12.7. The first kappa shape index (κ1) is 21.3. The summed E-state index contributed by atoms with van der Waals surface area (Å²) in [6.45, 7) is 8.93. The fraction of sp³-hybridized carbons (Fsp3) is 0.500. The van der Waals surface area contributed by atoms with Gasteiger partial charge in [-0.2, -0.15) is 5.26 Å². The van der Waals surface area contributed by atoms with Gasteiger partial charge in [0.25, 0.3) is 5.91 Å². The van der Waals surface area contributed by atoms with Gasteiger partial charge < -0.3 is 9.30 Å². The number of hydrogen-bond donors (Lipinski definition) is 1. The molecule has 1 aliphatic rings. The van der Waals surface area contributed by atoms with E-state index in [0.29, 0.717) is 17.7 Å². The molecule has 6 nitrogen and oxygen atoms in total. The summed E-state index contributed by atoms with van der Waals surface area (Å²) in [6.07, 6.45) is 4.75. The molecule has 0 bridgehead atoms. The molecule has 29 heavy (non-hydrogen) atoms. The Morgan fingerprint density at radius 2 is 2.31 bits per heavy atom. The second-order valence-corrected chi connectivity index (χ2v) is 8.95. The molecule has 0 saturated carbocycles. The van der Waals surface area contributed by atoms with Crippen LogP contribution in [0, 0.1) is 31.1 Å². The summed E-state index contributed by atoms with van der Waals surface area (Å²) in [4.78, 5) is 18.5. The molecule has 0 radical (unpaired) electrons. The lowest BCUT2D eigenvalue weighted by molar-refractivity contribution is -0.112. The molecular formula is C22H28N4O2S. The fourth-order valence-corrected chi connectivity index (χ4v) is 5.17. The van der Waals surface area contributed by atoms with Crippen LogP contribution < -0.4 is 5.32 Å². The number of aromatic nitrogens is 2. The highest BCUT2D eigenvalue weighted by Gasteiger charge is 2.21. The third-order valence-electron chi connectivity index (χ3n) is 5.44. The van der Waals surface area contributed by atoms with E-state index in [9.17, 15) is 10.1 Å². The van der Waals surface area contributed by atoms with Crippen LogP contribution >= 0.6 is 11.3 Å². The van der Waals surface area contributed by atoms with E-state index < -0.39 is 5.91 Å². The Morgan fingerprint density at radius 1 is 1.55 bits per heavy atom. The lowest BCUT2D eigenvalue weighted by Crippen LogP contribution is -2.14. The minimum atomic E-state index is -0.415. The number of anilines is 1. The molecule has 0 aliphatic heterocycles. The highest BCUT2D eigenvalue weighted by Crippen LogP contribution is 2.32. The van der Waals surface area contributed by atoms with E-state index in [4.69, 9.17) is 4.74 Å². The molecule has 2 unspecified atom stereocenters. The maximum Gasteiger partial charge on any atom is 0.268 e. The van der Waals surface area contributed by atoms with Crippen LogP contribution in [0.2, 0.25) is 0 Å². The molecule has 0 spiro atoms. The number of carbonyl (C=O) groups excluding carboxylic acids is 1. The van der Waals surface area contributed by atoms with Crippen molar-refractivity contribution in [3.05, 3.63) is 39.2 Å². The fourth-order valence-electron chi connectivity index (χ4n) is 4.00. The molecule has 3 rings (SSSR count). The van der Waals surface area contributed by atoms with E-state index in [-0.39, 0.29) is 11.6 Å². The van der Waals surface area contributed by atoms with Crippen molar-refractivity contribution in [2.45, 2.75) is 53.0 Å². The Balaban J connectivity index is 1.81. The molecule has 2 heterocycles. The summed E-state index contributed by atoms with van der Waals surface area (Å²) < 4.78 is 7.43. The van der Waals surface area contributed by atoms with E-state index in [2.05, 4.69) is 28.7 Å². The number of nitrogens with one attached hydrogen (secondary N) is 1. The van der Waals surface area contributed by atoms with Crippen LogP contribution in [0.15, 0.2) is 11.6 Å². The first-order chi connectivity index (χ1) is 13.8. The number of nitriles is 1. The number of methoxy groups -OCH3 is 1. The van der Waals surface area contributed by atoms with Crippen molar-refractivity contribution < 1.29 is 9.53 Å². The first-order valence-electron chi connectivity index (χ1n) is 9.93. The molecule has 154 valence electrons. The summed E-state index contributed by atoms with van der Waals surface area (Å²) in [5.41, 5.74) is 4.10. The zero-order valence-corrected chi connectivity index (χ0v) is 18.5. The van der Waals surface area contributed by atoms with Gasteiger partial charge in [-0.25, -0.2) is 4.98 Å². The summed E-state index contributed by atoms with van der Waals surface area (Å²) in [7, 11) is 1.68. The number of ether oxygens (including phenoxy) is 1. The van der Waals surface area contributed by atoms with Crippen LogP contribution in [0.4, 0.5) is 5.13 Å². The molecule has 7 heteroatoms. The summed E-state index contributed by atoms with van der Waals surface area (Å²) in [5.74, 6) is 0.234. The Labute approximate surface area is 176 Å². The third kappa shape index (κ3) is 4.60. The second-order valence-electron chi connectivity index (χ2n) is 7.86. The number of hydrogen-bond acceptors (Lipinski definition) is 5. The van der Waals surface area contributed by atoms with Crippen LogP contribution in [0.3, 0.4) is 0 Å². The zero-order chi connectivity index (χ0) is 21.1. The van der Waals surface area contributed by atoms with Crippen molar-refractivity contribution in [3.63, 3.8) is 0 Å². The van der Waals surface area contributed by atoms with Gasteiger partial charge in [-0.1, -0.05) is 6.92 Å². The standard InChI is InChI=1S/C22H28N4O2S/c1-13-6-7-19-20(8-13)29-22(24-19)25-21(27)18(11-23)10-17-9-14(2)26(16(17)4)15(3)12-28-5/h9-10,13,15H,6-8,12H2,1-5H3,(H,24,25,27)/b18-10-. The van der Waals surface area contributed by atoms with Gasteiger partial charge >= 0.3 is 0 Å². The Hall–Kier alpha value is -2.43. The van der Waals surface area contributed by atoms with Crippen molar-refractivity contribution in [2.24, 2.45) is 5.92 Å². The lowest BCUT2D eigenvalue weighted by Gasteiger charge is -2.17. The topological polar surface area (TPSA) is 79.9 Å². The van der Waals surface area contributed by atoms with Gasteiger partial charge in [0.05, 0.1) is 18.3 Å².